The van der Waals surface area contributed by atoms with Crippen LogP contribution in [0.4, 0.5) is 0 Å². The predicted molar refractivity (Wildman–Crippen MR) is 72.7 cm³/mol. The van der Waals surface area contributed by atoms with E-state index in [2.05, 4.69) is 10.3 Å². The van der Waals surface area contributed by atoms with Crippen molar-refractivity contribution >= 4 is 11.9 Å². The molecular weight excluding hydrogens is 260 g/mol. The molecule has 1 saturated carbocycles. The van der Waals surface area contributed by atoms with Crippen LogP contribution < -0.4 is 10.9 Å². The lowest BCUT2D eigenvalue weighted by molar-refractivity contribution is -0.138. The number of aromatic nitrogens is 1. The summed E-state index contributed by atoms with van der Waals surface area (Å²) in [4.78, 5) is 37.5. The van der Waals surface area contributed by atoms with E-state index in [0.29, 0.717) is 18.5 Å². The first-order valence-corrected chi connectivity index (χ1v) is 6.66. The number of hydrogen-bond donors (Lipinski definition) is 3. The van der Waals surface area contributed by atoms with Crippen molar-refractivity contribution in [3.8, 4) is 0 Å². The highest BCUT2D eigenvalue weighted by Gasteiger charge is 2.37. The average Bonchev–Trinajstić information content (AvgIpc) is 2.75. The molecule has 20 heavy (non-hydrogen) atoms. The number of aliphatic carboxylic acids is 1. The Bertz CT molecular complexity index is 585. The Kier molecular flexibility index (Phi) is 3.92. The fraction of sp³-hybridized carbons (Fsp3) is 0.500. The Morgan fingerprint density at radius 2 is 2.00 bits per heavy atom. The van der Waals surface area contributed by atoms with Crippen LogP contribution in [-0.2, 0) is 4.79 Å². The monoisotopic (exact) mass is 278 g/mol. The van der Waals surface area contributed by atoms with Gasteiger partial charge < -0.3 is 15.4 Å². The second-order valence-corrected chi connectivity index (χ2v) is 5.40. The summed E-state index contributed by atoms with van der Waals surface area (Å²) in [5.74, 6) is -1.44. The second kappa shape index (κ2) is 5.48. The molecule has 0 aromatic carbocycles. The minimum Gasteiger partial charge on any atom is -0.481 e. The molecule has 1 heterocycles. The van der Waals surface area contributed by atoms with Crippen molar-refractivity contribution in [3.05, 3.63) is 33.7 Å². The molecule has 6 heteroatoms. The number of aromatic amines is 1. The molecule has 0 radical (unpaired) electrons. The maximum Gasteiger partial charge on any atom is 0.305 e. The van der Waals surface area contributed by atoms with Crippen LogP contribution in [-0.4, -0.2) is 27.5 Å². The number of hydrogen-bond acceptors (Lipinski definition) is 3. The lowest BCUT2D eigenvalue weighted by Gasteiger charge is -2.28. The summed E-state index contributed by atoms with van der Waals surface area (Å²) >= 11 is 0. The van der Waals surface area contributed by atoms with E-state index >= 15 is 0 Å². The lowest BCUT2D eigenvalue weighted by Crippen LogP contribution is -2.48. The van der Waals surface area contributed by atoms with Crippen molar-refractivity contribution in [2.45, 2.75) is 44.6 Å². The quantitative estimate of drug-likeness (QED) is 0.770. The van der Waals surface area contributed by atoms with Gasteiger partial charge in [-0.05, 0) is 31.9 Å². The lowest BCUT2D eigenvalue weighted by atomic mass is 9.92. The zero-order valence-corrected chi connectivity index (χ0v) is 11.4. The van der Waals surface area contributed by atoms with Crippen LogP contribution in [0.2, 0.25) is 0 Å². The Morgan fingerprint density at radius 3 is 2.55 bits per heavy atom. The van der Waals surface area contributed by atoms with Crippen molar-refractivity contribution in [1.29, 1.82) is 0 Å². The van der Waals surface area contributed by atoms with E-state index in [4.69, 9.17) is 5.11 Å². The molecule has 1 aliphatic rings. The second-order valence-electron chi connectivity index (χ2n) is 5.40. The Morgan fingerprint density at radius 1 is 1.35 bits per heavy atom. The topological polar surface area (TPSA) is 99.3 Å². The van der Waals surface area contributed by atoms with Crippen LogP contribution in [0, 0.1) is 6.92 Å². The van der Waals surface area contributed by atoms with Crippen molar-refractivity contribution in [2.75, 3.05) is 0 Å². The first kappa shape index (κ1) is 14.3. The van der Waals surface area contributed by atoms with E-state index in [1.165, 1.54) is 6.07 Å². The maximum absolute atomic E-state index is 12.2. The molecular formula is C14H18N2O4. The van der Waals surface area contributed by atoms with Crippen LogP contribution in [0.15, 0.2) is 16.9 Å². The van der Waals surface area contributed by atoms with Crippen molar-refractivity contribution < 1.29 is 14.7 Å². The molecule has 6 nitrogen and oxygen atoms in total. The Hall–Kier alpha value is -2.11. The number of aryl methyl sites for hydroxylation is 1. The van der Waals surface area contributed by atoms with Gasteiger partial charge in [-0.2, -0.15) is 0 Å². The van der Waals surface area contributed by atoms with E-state index in [1.807, 2.05) is 0 Å². The summed E-state index contributed by atoms with van der Waals surface area (Å²) in [7, 11) is 0. The third-order valence-electron chi connectivity index (χ3n) is 3.73. The smallest absolute Gasteiger partial charge is 0.305 e. The van der Waals surface area contributed by atoms with E-state index in [1.54, 1.807) is 13.0 Å². The first-order valence-electron chi connectivity index (χ1n) is 6.66. The van der Waals surface area contributed by atoms with Crippen molar-refractivity contribution in [2.24, 2.45) is 0 Å². The summed E-state index contributed by atoms with van der Waals surface area (Å²) in [6.07, 6.45) is 2.93. The van der Waals surface area contributed by atoms with E-state index in [9.17, 15) is 14.4 Å². The molecule has 1 aromatic heterocycles. The molecule has 0 spiro atoms. The highest BCUT2D eigenvalue weighted by molar-refractivity contribution is 5.94. The number of carbonyl (C=O) groups excluding carboxylic acids is 1. The van der Waals surface area contributed by atoms with Gasteiger partial charge in [0.2, 0.25) is 0 Å². The molecule has 108 valence electrons. The van der Waals surface area contributed by atoms with Crippen LogP contribution in [0.25, 0.3) is 0 Å². The molecule has 2 rings (SSSR count). The molecule has 3 N–H and O–H groups in total. The standard InChI is InChI=1S/C14H18N2O4/c1-9-4-5-10(12(19)15-9)13(20)16-14(8-11(17)18)6-2-3-7-14/h4-5H,2-3,6-8H2,1H3,(H,15,19)(H,16,20)(H,17,18). The molecule has 0 bridgehead atoms. The molecule has 0 aliphatic heterocycles. The Labute approximate surface area is 116 Å². The zero-order valence-electron chi connectivity index (χ0n) is 11.4. The van der Waals surface area contributed by atoms with Gasteiger partial charge in [-0.15, -0.1) is 0 Å². The average molecular weight is 278 g/mol. The minimum absolute atomic E-state index is 0.0206. The van der Waals surface area contributed by atoms with Crippen LogP contribution in [0.1, 0.15) is 48.2 Å². The number of nitrogens with one attached hydrogen (secondary N) is 2. The molecule has 0 unspecified atom stereocenters. The maximum atomic E-state index is 12.2. The molecule has 1 fully saturated rings. The summed E-state index contributed by atoms with van der Waals surface area (Å²) in [6.45, 7) is 1.73. The first-order chi connectivity index (χ1) is 9.42. The van der Waals surface area contributed by atoms with Crippen molar-refractivity contribution in [3.63, 3.8) is 0 Å². The highest BCUT2D eigenvalue weighted by Crippen LogP contribution is 2.32. The minimum atomic E-state index is -0.940. The number of amides is 1. The number of pyridine rings is 1. The fourth-order valence-corrected chi connectivity index (χ4v) is 2.75. The predicted octanol–water partition coefficient (Wildman–Crippen LogP) is 1.20. The molecule has 0 saturated heterocycles. The summed E-state index contributed by atoms with van der Waals surface area (Å²) in [6, 6.07) is 3.11. The number of H-pyrrole nitrogens is 1. The third-order valence-corrected chi connectivity index (χ3v) is 3.73. The van der Waals surface area contributed by atoms with Gasteiger partial charge in [-0.3, -0.25) is 14.4 Å². The van der Waals surface area contributed by atoms with Crippen LogP contribution in [0.3, 0.4) is 0 Å². The fourth-order valence-electron chi connectivity index (χ4n) is 2.75. The number of carboxylic acids is 1. The zero-order chi connectivity index (χ0) is 14.8. The number of rotatable bonds is 4. The van der Waals surface area contributed by atoms with Crippen LogP contribution >= 0.6 is 0 Å². The van der Waals surface area contributed by atoms with Gasteiger partial charge in [0.15, 0.2) is 0 Å². The van der Waals surface area contributed by atoms with Gasteiger partial charge in [-0.1, -0.05) is 12.8 Å². The molecule has 1 aromatic rings. The SMILES string of the molecule is Cc1ccc(C(=O)NC2(CC(=O)O)CCCC2)c(=O)[nH]1. The van der Waals surface area contributed by atoms with Gasteiger partial charge in [0.25, 0.3) is 11.5 Å². The third kappa shape index (κ3) is 3.07. The van der Waals surface area contributed by atoms with Crippen LogP contribution in [0.5, 0.6) is 0 Å². The highest BCUT2D eigenvalue weighted by atomic mass is 16.4. The van der Waals surface area contributed by atoms with E-state index < -0.39 is 23.0 Å². The van der Waals surface area contributed by atoms with Crippen molar-refractivity contribution in [1.82, 2.24) is 10.3 Å². The van der Waals surface area contributed by atoms with E-state index in [-0.39, 0.29) is 12.0 Å². The normalized spacial score (nSPS) is 16.9. The largest absolute Gasteiger partial charge is 0.481 e. The molecule has 1 aliphatic carbocycles. The number of carbonyl (C=O) groups is 2. The molecule has 0 atom stereocenters. The van der Waals surface area contributed by atoms with Gasteiger partial charge in [0.05, 0.1) is 12.0 Å². The summed E-state index contributed by atoms with van der Waals surface area (Å²) in [5.41, 5.74) is -0.480. The Balaban J connectivity index is 2.20. The van der Waals surface area contributed by atoms with Gasteiger partial charge in [0, 0.05) is 5.69 Å². The summed E-state index contributed by atoms with van der Waals surface area (Å²) in [5, 5.41) is 11.8. The van der Waals surface area contributed by atoms with Gasteiger partial charge in [-0.25, -0.2) is 0 Å². The van der Waals surface area contributed by atoms with E-state index in [0.717, 1.165) is 12.8 Å². The molecule has 1 amide bonds. The van der Waals surface area contributed by atoms with Gasteiger partial charge >= 0.3 is 5.97 Å². The number of carboxylic acid groups (broad SMARTS) is 1. The van der Waals surface area contributed by atoms with Gasteiger partial charge in [0.1, 0.15) is 5.56 Å². The summed E-state index contributed by atoms with van der Waals surface area (Å²) < 4.78 is 0.